The third kappa shape index (κ3) is 7.85. The Hall–Kier alpha value is -2.09. The van der Waals surface area contributed by atoms with Crippen LogP contribution in [-0.2, 0) is 25.6 Å². The number of anilines is 1. The molecule has 3 aromatic heterocycles. The molecule has 0 radical (unpaired) electrons. The predicted molar refractivity (Wildman–Crippen MR) is 161 cm³/mol. The summed E-state index contributed by atoms with van der Waals surface area (Å²) in [5.74, 6) is 0.645. The number of unbranched alkanes of at least 4 members (excludes halogenated alkanes) is 3. The number of nitrogens with zero attached hydrogens (tertiary/aromatic N) is 6. The van der Waals surface area contributed by atoms with Gasteiger partial charge in [0.05, 0.1) is 6.61 Å². The van der Waals surface area contributed by atoms with Gasteiger partial charge in [-0.05, 0) is 62.8 Å². The van der Waals surface area contributed by atoms with Crippen LogP contribution in [0.15, 0.2) is 30.9 Å². The van der Waals surface area contributed by atoms with E-state index < -0.39 is 31.3 Å². The summed E-state index contributed by atoms with van der Waals surface area (Å²) in [7, 11) is 0. The van der Waals surface area contributed by atoms with Gasteiger partial charge in [0, 0.05) is 18.0 Å². The zero-order valence-corrected chi connectivity index (χ0v) is 25.7. The second kappa shape index (κ2) is 14.9. The fourth-order valence-corrected chi connectivity index (χ4v) is 6.34. The van der Waals surface area contributed by atoms with Crippen LogP contribution in [0.1, 0.15) is 65.5 Å². The van der Waals surface area contributed by atoms with Gasteiger partial charge in [-0.2, -0.15) is 0 Å². The summed E-state index contributed by atoms with van der Waals surface area (Å²) in [5, 5.41) is 10.9. The molecule has 0 aromatic carbocycles. The molecule has 0 spiro atoms. The summed E-state index contributed by atoms with van der Waals surface area (Å²) >= 11 is 4.90. The first-order valence-electron chi connectivity index (χ1n) is 14.4. The fourth-order valence-electron chi connectivity index (χ4n) is 4.90. The minimum absolute atomic E-state index is 0.0119. The second-order valence-electron chi connectivity index (χ2n) is 10.3. The van der Waals surface area contributed by atoms with Gasteiger partial charge in [0.2, 0.25) is 0 Å². The summed E-state index contributed by atoms with van der Waals surface area (Å²) in [6.45, 7) is 7.38. The molecule has 1 unspecified atom stereocenters. The smallest absolute Gasteiger partial charge is 0.325 e. The Kier molecular flexibility index (Phi) is 11.6. The molecule has 5 rings (SSSR count). The zero-order chi connectivity index (χ0) is 29.4. The Morgan fingerprint density at radius 2 is 1.80 bits per heavy atom. The lowest BCUT2D eigenvalue weighted by atomic mass is 10.1. The van der Waals surface area contributed by atoms with Crippen LogP contribution in [0.3, 0.4) is 0 Å². The number of aliphatic hydroxyl groups is 1. The molecule has 226 valence electrons. The lowest BCUT2D eigenvalue weighted by Crippen LogP contribution is -2.39. The third-order valence-electron chi connectivity index (χ3n) is 7.13. The monoisotopic (exact) mass is 607 g/mol. The quantitative estimate of drug-likeness (QED) is 0.270. The molecule has 5 heterocycles. The van der Waals surface area contributed by atoms with Crippen molar-refractivity contribution in [1.29, 1.82) is 0 Å². The number of nitrogen functional groups attached to an aromatic ring is 1. The number of rotatable bonds is 11. The number of aromatic nitrogens is 5. The highest BCUT2D eigenvalue weighted by Crippen LogP contribution is 2.53. The first-order valence-corrected chi connectivity index (χ1v) is 17.0. The minimum atomic E-state index is -3.41. The van der Waals surface area contributed by atoms with Gasteiger partial charge in [-0.15, -0.1) is 0 Å². The van der Waals surface area contributed by atoms with Crippen LogP contribution in [0, 0.1) is 0 Å². The zero-order valence-electron chi connectivity index (χ0n) is 24.0. The van der Waals surface area contributed by atoms with Crippen LogP contribution in [0.2, 0.25) is 0 Å². The van der Waals surface area contributed by atoms with Crippen LogP contribution in [0.25, 0.3) is 22.6 Å². The molecule has 2 aliphatic rings. The van der Waals surface area contributed by atoms with E-state index in [4.69, 9.17) is 31.3 Å². The number of nitrogens with two attached hydrogens (primary N) is 1. The van der Waals surface area contributed by atoms with Gasteiger partial charge in [-0.25, -0.2) is 15.0 Å². The fraction of sp³-hybridized carbons (Fsp3) is 0.630. The normalized spacial score (nSPS) is 25.7. The summed E-state index contributed by atoms with van der Waals surface area (Å²) in [6.07, 6.45) is 9.15. The maximum atomic E-state index is 10.9. The Labute approximate surface area is 246 Å². The highest BCUT2D eigenvalue weighted by molar-refractivity contribution is 8.07. The summed E-state index contributed by atoms with van der Waals surface area (Å²) in [5.41, 5.74) is 7.40. The topological polar surface area (TPSA) is 154 Å². The van der Waals surface area contributed by atoms with E-state index in [1.54, 1.807) is 23.0 Å². The summed E-state index contributed by atoms with van der Waals surface area (Å²) < 4.78 is 18.2. The lowest BCUT2D eigenvalue weighted by molar-refractivity contribution is -0.0588. The van der Waals surface area contributed by atoms with Crippen LogP contribution in [0.5, 0.6) is 0 Å². The van der Waals surface area contributed by atoms with E-state index in [-0.39, 0.29) is 12.4 Å². The summed E-state index contributed by atoms with van der Waals surface area (Å²) in [6, 6.07) is 3.58. The van der Waals surface area contributed by atoms with Gasteiger partial charge in [0.15, 0.2) is 23.2 Å². The van der Waals surface area contributed by atoms with Crippen LogP contribution in [-0.4, -0.2) is 84.0 Å². The molecule has 2 fully saturated rings. The molecule has 2 saturated heterocycles. The lowest BCUT2D eigenvalue weighted by Gasteiger charge is -2.30. The molecule has 0 amide bonds. The number of aliphatic hydroxyl groups excluding tert-OH is 1. The third-order valence-corrected chi connectivity index (χ3v) is 8.69. The average molecular weight is 608 g/mol. The number of hydrogen-bond acceptors (Lipinski definition) is 11. The molecule has 5 atom stereocenters. The van der Waals surface area contributed by atoms with Gasteiger partial charge in [0.1, 0.15) is 30.5 Å². The van der Waals surface area contributed by atoms with Crippen molar-refractivity contribution in [1.82, 2.24) is 29.4 Å². The predicted octanol–water partition coefficient (Wildman–Crippen LogP) is 4.05. The van der Waals surface area contributed by atoms with Gasteiger partial charge >= 0.3 is 6.72 Å². The molecule has 0 bridgehead atoms. The molecular formula is C27H42N7O5PS. The molecule has 0 saturated carbocycles. The van der Waals surface area contributed by atoms with Crippen molar-refractivity contribution in [3.63, 3.8) is 0 Å². The maximum absolute atomic E-state index is 10.9. The molecule has 0 aliphatic carbocycles. The Bertz CT molecular complexity index is 1280. The molecule has 12 nitrogen and oxygen atoms in total. The van der Waals surface area contributed by atoms with Crippen molar-refractivity contribution in [3.8, 4) is 11.4 Å². The number of fused-ring (bicyclic) bond motifs is 2. The van der Waals surface area contributed by atoms with E-state index in [9.17, 15) is 10.00 Å². The van der Waals surface area contributed by atoms with E-state index in [0.29, 0.717) is 22.6 Å². The molecular weight excluding hydrogens is 565 g/mol. The van der Waals surface area contributed by atoms with E-state index in [2.05, 4.69) is 45.6 Å². The Morgan fingerprint density at radius 3 is 2.41 bits per heavy atom. The van der Waals surface area contributed by atoms with Crippen LogP contribution < -0.4 is 5.73 Å². The van der Waals surface area contributed by atoms with E-state index in [1.807, 2.05) is 6.07 Å². The number of pyridine rings is 1. The molecule has 4 N–H and O–H groups in total. The van der Waals surface area contributed by atoms with Crippen molar-refractivity contribution >= 4 is 35.5 Å². The highest BCUT2D eigenvalue weighted by Gasteiger charge is 2.52. The van der Waals surface area contributed by atoms with Gasteiger partial charge in [-0.3, -0.25) is 14.1 Å². The first-order chi connectivity index (χ1) is 19.8. The highest BCUT2D eigenvalue weighted by atomic mass is 32.5. The molecule has 41 heavy (non-hydrogen) atoms. The van der Waals surface area contributed by atoms with Crippen LogP contribution >= 0.6 is 6.72 Å². The van der Waals surface area contributed by atoms with E-state index >= 15 is 0 Å². The molecule has 3 aromatic rings. The van der Waals surface area contributed by atoms with Crippen molar-refractivity contribution in [2.75, 3.05) is 32.0 Å². The van der Waals surface area contributed by atoms with Crippen molar-refractivity contribution < 1.29 is 23.8 Å². The largest absolute Gasteiger partial charge is 0.386 e. The summed E-state index contributed by atoms with van der Waals surface area (Å²) in [4.78, 5) is 29.5. The molecule has 14 heteroatoms. The Balaban J connectivity index is 0.000000254. The molecule has 2 aliphatic heterocycles. The number of ether oxygens (including phenoxy) is 1. The maximum Gasteiger partial charge on any atom is 0.325 e. The Morgan fingerprint density at radius 1 is 1.12 bits per heavy atom. The number of hydrogen-bond donors (Lipinski definition) is 3. The van der Waals surface area contributed by atoms with Crippen molar-refractivity contribution in [2.24, 2.45) is 0 Å². The van der Waals surface area contributed by atoms with Crippen LogP contribution in [0.4, 0.5) is 5.82 Å². The van der Waals surface area contributed by atoms with Gasteiger partial charge < -0.3 is 29.9 Å². The standard InChI is InChI=1S/C15H15N6O5PS.C12H27N/c16-12-9-14(19-6-18-12)21(13(20-9)7-2-1-3-17-4-7)15-10(22)11-8(25-15)5-24-27(23,28)26-11;1-4-7-10-13(11-8-5-2)12-9-6-3/h1-4,6,8,10-11,15,22H,5H2,(H,23,28)(H2,16,18,19);4-12H2,1-3H3/t8-,10-,11-,15-,27?;/m1./s1. The van der Waals surface area contributed by atoms with Crippen molar-refractivity contribution in [2.45, 2.75) is 83.8 Å². The average Bonchev–Trinajstić information content (AvgIpc) is 3.51. The van der Waals surface area contributed by atoms with Gasteiger partial charge in [-0.1, -0.05) is 40.0 Å². The van der Waals surface area contributed by atoms with Crippen molar-refractivity contribution in [3.05, 3.63) is 30.9 Å². The first kappa shape index (κ1) is 31.8. The minimum Gasteiger partial charge on any atom is -0.386 e. The van der Waals surface area contributed by atoms with E-state index in [1.165, 1.54) is 64.5 Å². The second-order valence-corrected chi connectivity index (χ2v) is 13.1. The van der Waals surface area contributed by atoms with E-state index in [0.717, 1.165) is 0 Å². The van der Waals surface area contributed by atoms with Gasteiger partial charge in [0.25, 0.3) is 0 Å². The number of imidazole rings is 1. The SMILES string of the molecule is CCCCN(CCCC)CCCC.Nc1ncnc2c1nc(-c1cccnc1)n2[C@@H]1O[C@@H]2COP(O)(=S)O[C@H]2[C@H]1O.